The van der Waals surface area contributed by atoms with Crippen LogP contribution in [0.5, 0.6) is 5.75 Å². The molecule has 6 nitrogen and oxygen atoms in total. The van der Waals surface area contributed by atoms with Crippen molar-refractivity contribution in [3.05, 3.63) is 79.7 Å². The number of carbonyl (C=O) groups is 1. The van der Waals surface area contributed by atoms with Crippen molar-refractivity contribution < 1.29 is 14.3 Å². The second kappa shape index (κ2) is 8.81. The molecule has 1 aliphatic heterocycles. The van der Waals surface area contributed by atoms with Gasteiger partial charge in [-0.2, -0.15) is 5.10 Å². The van der Waals surface area contributed by atoms with Crippen LogP contribution in [0, 0.1) is 0 Å². The third-order valence-electron chi connectivity index (χ3n) is 3.93. The van der Waals surface area contributed by atoms with Gasteiger partial charge < -0.3 is 9.52 Å². The summed E-state index contributed by atoms with van der Waals surface area (Å²) < 4.78 is 6.20. The number of thioether (sulfide) groups is 1. The van der Waals surface area contributed by atoms with Gasteiger partial charge in [0.1, 0.15) is 11.5 Å². The molecule has 1 amide bonds. The van der Waals surface area contributed by atoms with E-state index >= 15 is 0 Å². The normalized spacial score (nSPS) is 17.3. The predicted molar refractivity (Wildman–Crippen MR) is 120 cm³/mol. The lowest BCUT2D eigenvalue weighted by Gasteiger charge is -2.12. The zero-order valence-electron chi connectivity index (χ0n) is 14.9. The number of thiophene rings is 1. The number of carbonyl (C=O) groups excluding carboxylic acids is 1. The molecule has 0 saturated carbocycles. The van der Waals surface area contributed by atoms with Crippen LogP contribution in [0.3, 0.4) is 0 Å². The van der Waals surface area contributed by atoms with Crippen molar-refractivity contribution in [3.63, 3.8) is 0 Å². The van der Waals surface area contributed by atoms with Gasteiger partial charge >= 0.3 is 0 Å². The van der Waals surface area contributed by atoms with Gasteiger partial charge in [-0.15, -0.1) is 16.4 Å². The van der Waals surface area contributed by atoms with Crippen molar-refractivity contribution in [3.8, 4) is 5.75 Å². The maximum atomic E-state index is 12.9. The number of hydrogen-bond acceptors (Lipinski definition) is 7. The van der Waals surface area contributed by atoms with Gasteiger partial charge in [-0.05, 0) is 59.6 Å². The van der Waals surface area contributed by atoms with Gasteiger partial charge in [0.25, 0.3) is 5.91 Å². The van der Waals surface area contributed by atoms with E-state index in [1.807, 2.05) is 23.6 Å². The summed E-state index contributed by atoms with van der Waals surface area (Å²) >= 11 is 6.17. The smallest absolute Gasteiger partial charge is 0.267 e. The first kappa shape index (κ1) is 19.7. The summed E-state index contributed by atoms with van der Waals surface area (Å²) in [6.45, 7) is 0.261. The molecular weight excluding hydrogens is 474 g/mol. The molecule has 4 rings (SSSR count). The molecule has 0 spiro atoms. The Balaban J connectivity index is 1.62. The van der Waals surface area contributed by atoms with Crippen LogP contribution in [0.1, 0.15) is 16.2 Å². The number of phenolic OH excluding ortho intramolecular Hbond substituents is 1. The van der Waals surface area contributed by atoms with Crippen LogP contribution >= 0.6 is 39.0 Å². The molecule has 0 bridgehead atoms. The van der Waals surface area contributed by atoms with Gasteiger partial charge in [-0.1, -0.05) is 22.0 Å². The SMILES string of the molecule is O=C1/C(=C/c2cccs2)S/C(=N\N=C\c2cc(Br)ccc2O)N1Cc1ccco1. The third kappa shape index (κ3) is 4.69. The molecule has 1 aliphatic rings. The Morgan fingerprint density at radius 2 is 2.14 bits per heavy atom. The Morgan fingerprint density at radius 3 is 2.90 bits per heavy atom. The number of furan rings is 1. The number of amides is 1. The third-order valence-corrected chi connectivity index (χ3v) is 6.24. The highest BCUT2D eigenvalue weighted by molar-refractivity contribution is 9.10. The number of phenols is 1. The molecule has 1 saturated heterocycles. The van der Waals surface area contributed by atoms with E-state index in [0.29, 0.717) is 21.4 Å². The van der Waals surface area contributed by atoms with E-state index in [-0.39, 0.29) is 18.2 Å². The van der Waals surface area contributed by atoms with Crippen LogP contribution in [0.25, 0.3) is 6.08 Å². The Hall–Kier alpha value is -2.62. The van der Waals surface area contributed by atoms with Crippen molar-refractivity contribution in [2.24, 2.45) is 10.2 Å². The Bertz CT molecular complexity index is 1110. The second-order valence-electron chi connectivity index (χ2n) is 5.93. The number of hydrogen-bond donors (Lipinski definition) is 1. The highest BCUT2D eigenvalue weighted by Crippen LogP contribution is 2.34. The average Bonchev–Trinajstić information content (AvgIpc) is 3.45. The largest absolute Gasteiger partial charge is 0.507 e. The Kier molecular flexibility index (Phi) is 5.98. The minimum Gasteiger partial charge on any atom is -0.507 e. The van der Waals surface area contributed by atoms with Gasteiger partial charge in [-0.25, -0.2) is 0 Å². The van der Waals surface area contributed by atoms with E-state index < -0.39 is 0 Å². The molecule has 0 unspecified atom stereocenters. The van der Waals surface area contributed by atoms with Gasteiger partial charge in [-0.3, -0.25) is 9.69 Å². The van der Waals surface area contributed by atoms with Gasteiger partial charge in [0.15, 0.2) is 5.17 Å². The number of amidine groups is 1. The highest BCUT2D eigenvalue weighted by Gasteiger charge is 2.34. The lowest BCUT2D eigenvalue weighted by Crippen LogP contribution is -2.28. The number of aromatic hydroxyl groups is 1. The minimum absolute atomic E-state index is 0.0954. The lowest BCUT2D eigenvalue weighted by molar-refractivity contribution is -0.122. The van der Waals surface area contributed by atoms with Gasteiger partial charge in [0.2, 0.25) is 0 Å². The van der Waals surface area contributed by atoms with Gasteiger partial charge in [0, 0.05) is 14.9 Å². The Labute approximate surface area is 183 Å². The number of rotatable bonds is 5. The topological polar surface area (TPSA) is 78.4 Å². The van der Waals surface area contributed by atoms with E-state index in [9.17, 15) is 9.90 Å². The van der Waals surface area contributed by atoms with Crippen molar-refractivity contribution >= 4 is 62.4 Å². The second-order valence-corrected chi connectivity index (χ2v) is 8.83. The van der Waals surface area contributed by atoms with Crippen molar-refractivity contribution in [1.82, 2.24) is 4.90 Å². The number of benzene rings is 1. The number of nitrogens with zero attached hydrogens (tertiary/aromatic N) is 3. The monoisotopic (exact) mass is 487 g/mol. The molecule has 1 fully saturated rings. The van der Waals surface area contributed by atoms with Crippen LogP contribution in [0.4, 0.5) is 0 Å². The molecular formula is C20H14BrN3O3S2. The zero-order chi connectivity index (χ0) is 20.2. The number of halogens is 1. The fraction of sp³-hybridized carbons (Fsp3) is 0.0500. The zero-order valence-corrected chi connectivity index (χ0v) is 18.1. The van der Waals surface area contributed by atoms with Crippen LogP contribution in [-0.2, 0) is 11.3 Å². The quantitative estimate of drug-likeness (QED) is 0.300. The molecule has 1 N–H and O–H groups in total. The maximum absolute atomic E-state index is 12.9. The summed E-state index contributed by atoms with van der Waals surface area (Å²) in [4.78, 5) is 16.0. The molecule has 3 heterocycles. The van der Waals surface area contributed by atoms with E-state index in [2.05, 4.69) is 26.1 Å². The first-order valence-electron chi connectivity index (χ1n) is 8.47. The van der Waals surface area contributed by atoms with Crippen LogP contribution in [-0.4, -0.2) is 27.3 Å². The molecule has 0 atom stereocenters. The lowest BCUT2D eigenvalue weighted by atomic mass is 10.2. The van der Waals surface area contributed by atoms with E-state index in [0.717, 1.165) is 9.35 Å². The standard InChI is InChI=1S/C20H14BrN3O3S2/c21-14-5-6-17(25)13(9-14)11-22-23-20-24(12-15-3-1-7-27-15)19(26)18(29-20)10-16-4-2-8-28-16/h1-11,25H,12H2/b18-10-,22-11+,23-20-. The fourth-order valence-corrected chi connectivity index (χ4v) is 4.59. The maximum Gasteiger partial charge on any atom is 0.267 e. The van der Waals surface area contributed by atoms with Crippen LogP contribution in [0.2, 0.25) is 0 Å². The molecule has 29 heavy (non-hydrogen) atoms. The summed E-state index contributed by atoms with van der Waals surface area (Å²) in [5, 5.41) is 20.6. The van der Waals surface area contributed by atoms with Crippen LogP contribution in [0.15, 0.2) is 78.1 Å². The van der Waals surface area contributed by atoms with Crippen molar-refractivity contribution in [2.45, 2.75) is 6.54 Å². The van der Waals surface area contributed by atoms with E-state index in [1.165, 1.54) is 22.9 Å². The average molecular weight is 488 g/mol. The summed E-state index contributed by atoms with van der Waals surface area (Å²) in [5.41, 5.74) is 0.519. The molecule has 3 aromatic rings. The summed E-state index contributed by atoms with van der Waals surface area (Å²) in [6, 6.07) is 12.5. The first-order valence-corrected chi connectivity index (χ1v) is 11.0. The van der Waals surface area contributed by atoms with E-state index in [1.54, 1.807) is 47.9 Å². The minimum atomic E-state index is -0.154. The molecule has 0 aliphatic carbocycles. The highest BCUT2D eigenvalue weighted by atomic mass is 79.9. The summed E-state index contributed by atoms with van der Waals surface area (Å²) in [6.07, 6.45) is 4.86. The first-order chi connectivity index (χ1) is 14.1. The fourth-order valence-electron chi connectivity index (χ4n) is 2.55. The molecule has 146 valence electrons. The van der Waals surface area contributed by atoms with Crippen LogP contribution < -0.4 is 0 Å². The predicted octanol–water partition coefficient (Wildman–Crippen LogP) is 5.32. The van der Waals surface area contributed by atoms with E-state index in [4.69, 9.17) is 4.42 Å². The Morgan fingerprint density at radius 1 is 1.24 bits per heavy atom. The molecule has 2 aromatic heterocycles. The van der Waals surface area contributed by atoms with Gasteiger partial charge in [0.05, 0.1) is 23.9 Å². The summed E-state index contributed by atoms with van der Waals surface area (Å²) in [7, 11) is 0. The van der Waals surface area contributed by atoms with Crippen molar-refractivity contribution in [1.29, 1.82) is 0 Å². The molecule has 0 radical (unpaired) electrons. The molecule has 9 heteroatoms. The molecule has 1 aromatic carbocycles. The summed E-state index contributed by atoms with van der Waals surface area (Å²) in [5.74, 6) is 0.592. The van der Waals surface area contributed by atoms with Crippen molar-refractivity contribution in [2.75, 3.05) is 0 Å².